The van der Waals surface area contributed by atoms with E-state index in [1.54, 1.807) is 18.2 Å². The highest BCUT2D eigenvalue weighted by Gasteiger charge is 2.64. The number of halogens is 3. The van der Waals surface area contributed by atoms with E-state index >= 15 is 4.79 Å². The van der Waals surface area contributed by atoms with E-state index < -0.39 is 85.9 Å². The molecular weight excluding hydrogens is 810 g/mol. The molecular formula is C41H53F3N6O9S. The molecule has 0 unspecified atom stereocenters. The number of sulfonamides is 1. The van der Waals surface area contributed by atoms with Gasteiger partial charge in [0, 0.05) is 36.4 Å². The molecule has 328 valence electrons. The Balaban J connectivity index is 1.29. The Labute approximate surface area is 347 Å². The van der Waals surface area contributed by atoms with Crippen LogP contribution in [0.25, 0.3) is 10.8 Å². The number of carboxylic acid groups (broad SMARTS) is 1. The monoisotopic (exact) mass is 862 g/mol. The zero-order valence-corrected chi connectivity index (χ0v) is 35.4. The maximum absolute atomic E-state index is 15.1. The molecule has 2 aliphatic carbocycles. The van der Waals surface area contributed by atoms with Gasteiger partial charge in [-0.15, -0.1) is 0 Å². The second kappa shape index (κ2) is 15.3. The molecule has 15 nitrogen and oxygen atoms in total. The summed E-state index contributed by atoms with van der Waals surface area (Å²) in [5.74, 6) is -3.85. The molecule has 0 spiro atoms. The molecule has 2 aromatic rings. The van der Waals surface area contributed by atoms with Gasteiger partial charge in [0.15, 0.2) is 5.75 Å². The first kappa shape index (κ1) is 43.3. The number of pyridine rings is 1. The van der Waals surface area contributed by atoms with Crippen molar-refractivity contribution in [1.29, 1.82) is 0 Å². The third-order valence-electron chi connectivity index (χ3n) is 13.2. The van der Waals surface area contributed by atoms with Crippen LogP contribution >= 0.6 is 0 Å². The molecule has 0 radical (unpaired) electrons. The van der Waals surface area contributed by atoms with Gasteiger partial charge < -0.3 is 29.7 Å². The van der Waals surface area contributed by atoms with Crippen molar-refractivity contribution >= 4 is 50.3 Å². The molecule has 3 fully saturated rings. The normalized spacial score (nSPS) is 29.5. The average Bonchev–Trinajstić information content (AvgIpc) is 4.04. The van der Waals surface area contributed by atoms with Crippen molar-refractivity contribution < 1.29 is 55.3 Å². The van der Waals surface area contributed by atoms with Crippen molar-refractivity contribution in [3.05, 3.63) is 36.5 Å². The van der Waals surface area contributed by atoms with Gasteiger partial charge in [-0.3, -0.25) is 24.0 Å². The number of amides is 4. The maximum Gasteiger partial charge on any atom is 0.411 e. The van der Waals surface area contributed by atoms with Crippen LogP contribution in [0.3, 0.4) is 0 Å². The van der Waals surface area contributed by atoms with E-state index in [-0.39, 0.29) is 42.5 Å². The molecule has 19 heteroatoms. The molecule has 4 amide bonds. The Bertz CT molecular complexity index is 2220. The van der Waals surface area contributed by atoms with Gasteiger partial charge in [-0.05, 0) is 89.3 Å². The smallest absolute Gasteiger partial charge is 0.411 e. The average molecular weight is 863 g/mol. The Morgan fingerprint density at radius 1 is 1.12 bits per heavy atom. The van der Waals surface area contributed by atoms with E-state index in [9.17, 15) is 41.1 Å². The van der Waals surface area contributed by atoms with Crippen molar-refractivity contribution in [2.24, 2.45) is 17.8 Å². The van der Waals surface area contributed by atoms with Crippen molar-refractivity contribution in [2.75, 3.05) is 31.6 Å². The summed E-state index contributed by atoms with van der Waals surface area (Å²) in [5.41, 5.74) is -3.90. The van der Waals surface area contributed by atoms with Gasteiger partial charge in [0.05, 0.1) is 23.5 Å². The van der Waals surface area contributed by atoms with E-state index in [1.165, 1.54) is 20.0 Å². The van der Waals surface area contributed by atoms with Gasteiger partial charge >= 0.3 is 12.3 Å². The standard InChI is InChI=1S/C41H53F3N6O9S/c1-23-9-7-8-10-25-21-40(25,36(53)47-60(56,57)39(5)14-15-39)46-33(51)30-20-26(59-34-28-11-12-29-32(27(28)13-16-45-34)58-18-17-48(29)6)22-49(30)35(52)31(24(2)19-23)50(37(54)55)38(3,4)41(42,43)44/h8,10-13,16,23-26,30-31H,7,9,14-15,17-22H2,1-6H3,(H,46,51)(H,47,53)(H,54,55)/t23-,24+,25+,26+,30-,31-,40+/m0/s1. The predicted octanol–water partition coefficient (Wildman–Crippen LogP) is 4.99. The summed E-state index contributed by atoms with van der Waals surface area (Å²) in [4.78, 5) is 64.3. The van der Waals surface area contributed by atoms with Crippen LogP contribution in [0.15, 0.2) is 36.5 Å². The number of allylic oxidation sites excluding steroid dienone is 1. The predicted molar refractivity (Wildman–Crippen MR) is 214 cm³/mol. The number of alkyl halides is 3. The Hall–Kier alpha value is -4.81. The van der Waals surface area contributed by atoms with Crippen LogP contribution in [0, 0.1) is 17.8 Å². The van der Waals surface area contributed by atoms with Gasteiger partial charge in [-0.25, -0.2) is 18.2 Å². The summed E-state index contributed by atoms with van der Waals surface area (Å²) in [6.45, 7) is 7.06. The Kier molecular flexibility index (Phi) is 11.0. The molecule has 3 N–H and O–H groups in total. The molecule has 3 aliphatic heterocycles. The number of carbonyl (C=O) groups excluding carboxylic acids is 3. The Morgan fingerprint density at radius 2 is 1.83 bits per heavy atom. The van der Waals surface area contributed by atoms with Gasteiger partial charge in [-0.1, -0.05) is 26.0 Å². The summed E-state index contributed by atoms with van der Waals surface area (Å²) in [5, 5.41) is 14.5. The Morgan fingerprint density at radius 3 is 2.50 bits per heavy atom. The van der Waals surface area contributed by atoms with Crippen LogP contribution in [-0.2, 0) is 24.4 Å². The first-order valence-corrected chi connectivity index (χ1v) is 21.9. The zero-order valence-electron chi connectivity index (χ0n) is 34.5. The summed E-state index contributed by atoms with van der Waals surface area (Å²) in [6, 6.07) is 2.04. The number of benzene rings is 1. The lowest BCUT2D eigenvalue weighted by Crippen LogP contribution is -2.66. The molecule has 7 rings (SSSR count). The summed E-state index contributed by atoms with van der Waals surface area (Å²) in [7, 11) is -2.19. The number of hydrogen-bond donors (Lipinski definition) is 3. The van der Waals surface area contributed by atoms with Crippen molar-refractivity contribution in [3.8, 4) is 11.6 Å². The van der Waals surface area contributed by atoms with E-state index in [1.807, 2.05) is 31.0 Å². The van der Waals surface area contributed by atoms with Gasteiger partial charge in [0.1, 0.15) is 35.9 Å². The molecule has 1 aromatic heterocycles. The quantitative estimate of drug-likeness (QED) is 0.319. The number of anilines is 1. The summed E-state index contributed by atoms with van der Waals surface area (Å²) < 4.78 is 84.2. The van der Waals surface area contributed by atoms with Crippen LogP contribution < -0.4 is 24.4 Å². The maximum atomic E-state index is 15.1. The number of nitrogens with one attached hydrogen (secondary N) is 2. The number of carbonyl (C=O) groups is 4. The molecule has 4 heterocycles. The van der Waals surface area contributed by atoms with E-state index in [4.69, 9.17) is 9.47 Å². The molecule has 60 heavy (non-hydrogen) atoms. The van der Waals surface area contributed by atoms with Crippen LogP contribution in [0.4, 0.5) is 23.7 Å². The molecule has 5 aliphatic rings. The zero-order chi connectivity index (χ0) is 43.7. The largest absolute Gasteiger partial charge is 0.489 e. The lowest BCUT2D eigenvalue weighted by atomic mass is 9.85. The fourth-order valence-corrected chi connectivity index (χ4v) is 10.2. The van der Waals surface area contributed by atoms with Gasteiger partial charge in [0.2, 0.25) is 27.7 Å². The third kappa shape index (κ3) is 7.70. The number of likely N-dealkylation sites (N-methyl/N-ethyl adjacent to an activating group) is 1. The highest BCUT2D eigenvalue weighted by molar-refractivity contribution is 7.91. The van der Waals surface area contributed by atoms with Crippen molar-refractivity contribution in [2.45, 2.75) is 120 Å². The first-order valence-electron chi connectivity index (χ1n) is 20.4. The van der Waals surface area contributed by atoms with Crippen LogP contribution in [0.2, 0.25) is 0 Å². The minimum atomic E-state index is -5.09. The summed E-state index contributed by atoms with van der Waals surface area (Å²) in [6.07, 6.45) is -1.30. The van der Waals surface area contributed by atoms with E-state index in [0.717, 1.165) is 10.6 Å². The highest BCUT2D eigenvalue weighted by Crippen LogP contribution is 2.48. The van der Waals surface area contributed by atoms with Gasteiger partial charge in [-0.2, -0.15) is 13.2 Å². The number of hydrogen-bond acceptors (Lipinski definition) is 10. The topological polar surface area (TPSA) is 188 Å². The number of rotatable bonds is 7. The fraction of sp³-hybridized carbons (Fsp3) is 0.634. The fourth-order valence-electron chi connectivity index (χ4n) is 8.88. The second-order valence-electron chi connectivity index (χ2n) is 18.0. The molecule has 1 saturated heterocycles. The number of fused-ring (bicyclic) bond motifs is 5. The first-order chi connectivity index (χ1) is 28.0. The minimum absolute atomic E-state index is 0.0528. The lowest BCUT2D eigenvalue weighted by Gasteiger charge is -2.45. The second-order valence-corrected chi connectivity index (χ2v) is 20.2. The number of aromatic nitrogens is 1. The highest BCUT2D eigenvalue weighted by atomic mass is 32.2. The number of ether oxygens (including phenoxy) is 2. The third-order valence-corrected chi connectivity index (χ3v) is 15.3. The van der Waals surface area contributed by atoms with Gasteiger partial charge in [0.25, 0.3) is 5.91 Å². The molecule has 2 saturated carbocycles. The van der Waals surface area contributed by atoms with Crippen LogP contribution in [0.5, 0.6) is 11.6 Å². The van der Waals surface area contributed by atoms with Crippen LogP contribution in [0.1, 0.15) is 79.6 Å². The van der Waals surface area contributed by atoms with Crippen molar-refractivity contribution in [3.63, 3.8) is 0 Å². The summed E-state index contributed by atoms with van der Waals surface area (Å²) >= 11 is 0. The molecule has 7 atom stereocenters. The minimum Gasteiger partial charge on any atom is -0.489 e. The SMILES string of the molecule is C[C@H]1CCC=C[C@@H]2C[C@@]2(C(=O)NS(=O)(=O)C2(C)CC2)NC(=O)[C@@H]2C[C@@H](Oc3nccc4c5c(ccc34)N(C)CCO5)CN2C(=O)[C@@H](N(C(=O)O)C(C)(C)C(F)(F)F)[C@H](C)C1. The molecule has 0 bridgehead atoms. The van der Waals surface area contributed by atoms with E-state index in [0.29, 0.717) is 69.2 Å². The lowest BCUT2D eigenvalue weighted by molar-refractivity contribution is -0.222. The van der Waals surface area contributed by atoms with Crippen LogP contribution in [-0.4, -0.2) is 119 Å². The van der Waals surface area contributed by atoms with E-state index in [2.05, 4.69) is 15.0 Å². The molecule has 1 aromatic carbocycles. The number of nitrogens with zero attached hydrogens (tertiary/aromatic N) is 4. The van der Waals surface area contributed by atoms with Crippen molar-refractivity contribution in [1.82, 2.24) is 24.8 Å².